The summed E-state index contributed by atoms with van der Waals surface area (Å²) in [7, 11) is 0. The van der Waals surface area contributed by atoms with E-state index in [1.807, 2.05) is 24.3 Å². The summed E-state index contributed by atoms with van der Waals surface area (Å²) in [4.78, 5) is 57.3. The lowest BCUT2D eigenvalue weighted by molar-refractivity contribution is -0.124. The van der Waals surface area contributed by atoms with E-state index in [1.165, 1.54) is 9.80 Å². The Labute approximate surface area is 225 Å². The van der Waals surface area contributed by atoms with Gasteiger partial charge < -0.3 is 0 Å². The fraction of sp³-hybridized carbons (Fsp3) is 0.333. The second-order valence-corrected chi connectivity index (χ2v) is 12.2. The summed E-state index contributed by atoms with van der Waals surface area (Å²) in [6, 6.07) is 23.3. The second kappa shape index (κ2) is 7.32. The van der Waals surface area contributed by atoms with Crippen LogP contribution in [0.1, 0.15) is 53.4 Å². The van der Waals surface area contributed by atoms with Gasteiger partial charge in [-0.25, -0.2) is 4.90 Å². The second-order valence-electron chi connectivity index (χ2n) is 12.2. The highest BCUT2D eigenvalue weighted by molar-refractivity contribution is 6.24. The number of nitrogens with zero attached hydrogens (tertiary/aromatic N) is 2. The van der Waals surface area contributed by atoms with Crippen LogP contribution in [-0.2, 0) is 19.2 Å². The Bertz CT molecular complexity index is 1500. The highest BCUT2D eigenvalue weighted by Crippen LogP contribution is 2.61. The Morgan fingerprint density at radius 1 is 0.462 bits per heavy atom. The van der Waals surface area contributed by atoms with Crippen molar-refractivity contribution < 1.29 is 19.2 Å². The van der Waals surface area contributed by atoms with Crippen LogP contribution in [-0.4, -0.2) is 23.6 Å². The van der Waals surface area contributed by atoms with Gasteiger partial charge in [0.2, 0.25) is 23.6 Å². The molecule has 5 aliphatic carbocycles. The molecular formula is C33H26N2O4. The molecule has 2 heterocycles. The van der Waals surface area contributed by atoms with Crippen molar-refractivity contribution in [2.45, 2.75) is 31.1 Å². The van der Waals surface area contributed by atoms with Crippen LogP contribution in [0.2, 0.25) is 0 Å². The van der Waals surface area contributed by atoms with Gasteiger partial charge >= 0.3 is 0 Å². The Hall–Kier alpha value is -4.06. The number of carbonyl (C=O) groups is 4. The molecule has 3 aromatic rings. The van der Waals surface area contributed by atoms with Crippen LogP contribution in [0.25, 0.3) is 0 Å². The maximum Gasteiger partial charge on any atom is 0.238 e. The summed E-state index contributed by atoms with van der Waals surface area (Å²) in [5.41, 5.74) is 5.60. The van der Waals surface area contributed by atoms with Gasteiger partial charge in [-0.2, -0.15) is 0 Å². The molecule has 4 amide bonds. The minimum Gasteiger partial charge on any atom is -0.274 e. The normalized spacial score (nSPS) is 35.0. The molecule has 6 heteroatoms. The minimum absolute atomic E-state index is 0.0867. The van der Waals surface area contributed by atoms with Gasteiger partial charge in [0, 0.05) is 11.8 Å². The Balaban J connectivity index is 1.07. The molecule has 0 aromatic heterocycles. The van der Waals surface area contributed by atoms with Gasteiger partial charge in [-0.05, 0) is 77.6 Å². The number of fused-ring (bicyclic) bond motifs is 5. The largest absolute Gasteiger partial charge is 0.274 e. The fourth-order valence-corrected chi connectivity index (χ4v) is 9.35. The zero-order valence-corrected chi connectivity index (χ0v) is 21.2. The van der Waals surface area contributed by atoms with Crippen molar-refractivity contribution in [2.24, 2.45) is 35.5 Å². The van der Waals surface area contributed by atoms with Crippen molar-refractivity contribution in [1.29, 1.82) is 0 Å². The van der Waals surface area contributed by atoms with Crippen LogP contribution >= 0.6 is 0 Å². The summed E-state index contributed by atoms with van der Waals surface area (Å²) in [6.07, 6.45) is 3.07. The van der Waals surface area contributed by atoms with Crippen molar-refractivity contribution in [3.05, 3.63) is 95.1 Å². The quantitative estimate of drug-likeness (QED) is 0.468. The molecule has 0 N–H and O–H groups in total. The molecule has 192 valence electrons. The molecule has 2 saturated carbocycles. The molecule has 10 rings (SSSR count). The predicted molar refractivity (Wildman–Crippen MR) is 143 cm³/mol. The summed E-state index contributed by atoms with van der Waals surface area (Å²) in [5.74, 6) is -1.41. The third-order valence-corrected chi connectivity index (χ3v) is 10.7. The van der Waals surface area contributed by atoms with Crippen molar-refractivity contribution in [1.82, 2.24) is 0 Å². The summed E-state index contributed by atoms with van der Waals surface area (Å²) < 4.78 is 0. The van der Waals surface area contributed by atoms with Gasteiger partial charge in [-0.3, -0.25) is 24.1 Å². The van der Waals surface area contributed by atoms with Gasteiger partial charge in [-0.15, -0.1) is 0 Å². The zero-order chi connectivity index (χ0) is 26.2. The van der Waals surface area contributed by atoms with E-state index in [-0.39, 0.29) is 47.3 Å². The predicted octanol–water partition coefficient (Wildman–Crippen LogP) is 4.62. The number of rotatable bonds is 2. The van der Waals surface area contributed by atoms with Crippen molar-refractivity contribution in [3.63, 3.8) is 0 Å². The SMILES string of the molecule is O=C1[C@@H]2[C@@H]3CC[C@@H](C3)[C@@H]2C(=O)N1c1ccc(N2C(=O)[C@@H]3C4c5ccccc5C(c5ccccc54)[C@@H]3C2=O)cc1. The molecule has 39 heavy (non-hydrogen) atoms. The van der Waals surface area contributed by atoms with E-state index in [1.54, 1.807) is 24.3 Å². The standard InChI is InChI=1S/C33H26N2O4/c36-30-24-16-9-10-17(15-16)25(24)31(37)34(30)18-11-13-19(14-12-18)35-32(38)28-26-20-5-1-2-6-21(20)27(29(28)33(35)39)23-8-4-3-7-22(23)26/h1-8,11-14,16-17,24-29H,9-10,15H2/t16-,17+,24-,25+,26?,27?,28-,29+. The average Bonchev–Trinajstić information content (AvgIpc) is 3.71. The third kappa shape index (κ3) is 2.53. The van der Waals surface area contributed by atoms with Crippen LogP contribution in [0.15, 0.2) is 72.8 Å². The molecule has 3 aromatic carbocycles. The average molecular weight is 515 g/mol. The van der Waals surface area contributed by atoms with Crippen molar-refractivity contribution >= 4 is 35.0 Å². The first-order valence-corrected chi connectivity index (χ1v) is 14.1. The Morgan fingerprint density at radius 3 is 1.15 bits per heavy atom. The van der Waals surface area contributed by atoms with E-state index in [4.69, 9.17) is 0 Å². The molecule has 6 nitrogen and oxygen atoms in total. The van der Waals surface area contributed by atoms with Gasteiger partial charge in [-0.1, -0.05) is 48.5 Å². The molecule has 0 radical (unpaired) electrons. The van der Waals surface area contributed by atoms with E-state index >= 15 is 0 Å². The van der Waals surface area contributed by atoms with E-state index < -0.39 is 11.8 Å². The van der Waals surface area contributed by atoms with Crippen LogP contribution in [0.4, 0.5) is 11.4 Å². The Morgan fingerprint density at radius 2 is 0.795 bits per heavy atom. The molecule has 7 aliphatic rings. The number of anilines is 2. The number of imide groups is 2. The molecule has 2 saturated heterocycles. The Kier molecular flexibility index (Phi) is 4.10. The number of benzene rings is 3. The van der Waals surface area contributed by atoms with E-state index in [9.17, 15) is 19.2 Å². The van der Waals surface area contributed by atoms with Crippen LogP contribution < -0.4 is 9.80 Å². The topological polar surface area (TPSA) is 74.8 Å². The van der Waals surface area contributed by atoms with Crippen LogP contribution in [0, 0.1) is 35.5 Å². The lowest BCUT2D eigenvalue weighted by Gasteiger charge is -2.45. The number of hydrogen-bond donors (Lipinski definition) is 0. The van der Waals surface area contributed by atoms with Gasteiger partial charge in [0.1, 0.15) is 0 Å². The highest BCUT2D eigenvalue weighted by atomic mass is 16.2. The molecule has 0 spiro atoms. The van der Waals surface area contributed by atoms with Gasteiger partial charge in [0.15, 0.2) is 0 Å². The fourth-order valence-electron chi connectivity index (χ4n) is 9.35. The van der Waals surface area contributed by atoms with E-state index in [0.717, 1.165) is 41.5 Å². The summed E-state index contributed by atoms with van der Waals surface area (Å²) in [6.45, 7) is 0. The van der Waals surface area contributed by atoms with Crippen molar-refractivity contribution in [3.8, 4) is 0 Å². The smallest absolute Gasteiger partial charge is 0.238 e. The van der Waals surface area contributed by atoms with Crippen LogP contribution in [0.3, 0.4) is 0 Å². The first-order chi connectivity index (χ1) is 19.0. The lowest BCUT2D eigenvalue weighted by atomic mass is 9.55. The van der Waals surface area contributed by atoms with Crippen molar-refractivity contribution in [2.75, 3.05) is 9.80 Å². The molecule has 4 bridgehead atoms. The molecular weight excluding hydrogens is 488 g/mol. The summed E-state index contributed by atoms with van der Waals surface area (Å²) >= 11 is 0. The maximum absolute atomic E-state index is 14.0. The van der Waals surface area contributed by atoms with Crippen LogP contribution in [0.5, 0.6) is 0 Å². The maximum atomic E-state index is 14.0. The first-order valence-electron chi connectivity index (χ1n) is 14.1. The summed E-state index contributed by atoms with van der Waals surface area (Å²) in [5, 5.41) is 0. The molecule has 2 aliphatic heterocycles. The van der Waals surface area contributed by atoms with E-state index in [0.29, 0.717) is 23.2 Å². The third-order valence-electron chi connectivity index (χ3n) is 10.7. The molecule has 0 unspecified atom stereocenters. The molecule has 4 fully saturated rings. The zero-order valence-electron chi connectivity index (χ0n) is 21.2. The highest BCUT2D eigenvalue weighted by Gasteiger charge is 2.63. The van der Waals surface area contributed by atoms with Gasteiger partial charge in [0.05, 0.1) is 35.0 Å². The first kappa shape index (κ1) is 21.8. The molecule has 6 atom stereocenters. The van der Waals surface area contributed by atoms with E-state index in [2.05, 4.69) is 24.3 Å². The number of carbonyl (C=O) groups excluding carboxylic acids is 4. The minimum atomic E-state index is -0.441. The monoisotopic (exact) mass is 514 g/mol. The number of hydrogen-bond acceptors (Lipinski definition) is 4. The number of amides is 4. The van der Waals surface area contributed by atoms with Gasteiger partial charge in [0.25, 0.3) is 0 Å². The lowest BCUT2D eigenvalue weighted by Crippen LogP contribution is -2.41.